The summed E-state index contributed by atoms with van der Waals surface area (Å²) in [4.78, 5) is 0.270. The fourth-order valence-electron chi connectivity index (χ4n) is 2.05. The molecule has 0 aliphatic heterocycles. The Labute approximate surface area is 119 Å². The van der Waals surface area contributed by atoms with Gasteiger partial charge < -0.3 is 5.73 Å². The Balaban J connectivity index is 2.47. The van der Waals surface area contributed by atoms with Crippen LogP contribution in [0.15, 0.2) is 59.5 Å². The van der Waals surface area contributed by atoms with Gasteiger partial charge in [-0.3, -0.25) is 4.31 Å². The number of benzene rings is 2. The summed E-state index contributed by atoms with van der Waals surface area (Å²) in [6.45, 7) is 2.51. The van der Waals surface area contributed by atoms with Crippen molar-refractivity contribution in [3.05, 3.63) is 60.2 Å². The molecular weight excluding hydrogens is 272 g/mol. The molecule has 20 heavy (non-hydrogen) atoms. The van der Waals surface area contributed by atoms with E-state index in [4.69, 9.17) is 5.73 Å². The first-order valence-electron chi connectivity index (χ1n) is 6.46. The molecule has 2 N–H and O–H groups in total. The van der Waals surface area contributed by atoms with Crippen LogP contribution in [-0.4, -0.2) is 15.0 Å². The molecule has 0 atom stereocenters. The van der Waals surface area contributed by atoms with Crippen molar-refractivity contribution < 1.29 is 8.42 Å². The predicted molar refractivity (Wildman–Crippen MR) is 81.0 cm³/mol. The van der Waals surface area contributed by atoms with Crippen LogP contribution in [0.4, 0.5) is 5.69 Å². The smallest absolute Gasteiger partial charge is 0.264 e. The number of para-hydroxylation sites is 1. The molecule has 0 aliphatic carbocycles. The summed E-state index contributed by atoms with van der Waals surface area (Å²) >= 11 is 0. The van der Waals surface area contributed by atoms with E-state index in [-0.39, 0.29) is 4.90 Å². The zero-order valence-electron chi connectivity index (χ0n) is 11.4. The SMILES string of the molecule is CCN(c1ccccc1)S(=O)(=O)c1cccc(CN)c1. The predicted octanol–water partition coefficient (Wildman–Crippen LogP) is 2.36. The average molecular weight is 290 g/mol. The highest BCUT2D eigenvalue weighted by Crippen LogP contribution is 2.23. The number of nitrogens with two attached hydrogens (primary N) is 1. The molecule has 0 bridgehead atoms. The van der Waals surface area contributed by atoms with E-state index in [1.807, 2.05) is 31.2 Å². The number of rotatable bonds is 5. The van der Waals surface area contributed by atoms with Gasteiger partial charge in [-0.05, 0) is 36.8 Å². The van der Waals surface area contributed by atoms with Crippen LogP contribution >= 0.6 is 0 Å². The average Bonchev–Trinajstić information content (AvgIpc) is 2.49. The lowest BCUT2D eigenvalue weighted by atomic mass is 10.2. The fraction of sp³-hybridized carbons (Fsp3) is 0.200. The van der Waals surface area contributed by atoms with Crippen molar-refractivity contribution in [3.8, 4) is 0 Å². The van der Waals surface area contributed by atoms with E-state index in [2.05, 4.69) is 0 Å². The van der Waals surface area contributed by atoms with E-state index in [1.54, 1.807) is 30.3 Å². The van der Waals surface area contributed by atoms with Crippen LogP contribution in [0.1, 0.15) is 12.5 Å². The lowest BCUT2D eigenvalue weighted by molar-refractivity contribution is 0.591. The first-order chi connectivity index (χ1) is 9.59. The molecule has 0 unspecified atom stereocenters. The summed E-state index contributed by atoms with van der Waals surface area (Å²) in [6.07, 6.45) is 0. The van der Waals surface area contributed by atoms with Gasteiger partial charge in [-0.25, -0.2) is 8.42 Å². The molecule has 106 valence electrons. The number of hydrogen-bond acceptors (Lipinski definition) is 3. The third-order valence-corrected chi connectivity index (χ3v) is 4.95. The molecule has 2 rings (SSSR count). The number of hydrogen-bond donors (Lipinski definition) is 1. The van der Waals surface area contributed by atoms with E-state index < -0.39 is 10.0 Å². The second-order valence-electron chi connectivity index (χ2n) is 4.36. The van der Waals surface area contributed by atoms with E-state index in [9.17, 15) is 8.42 Å². The topological polar surface area (TPSA) is 63.4 Å². The molecule has 0 spiro atoms. The van der Waals surface area contributed by atoms with E-state index in [0.29, 0.717) is 18.8 Å². The molecule has 0 aliphatic rings. The van der Waals surface area contributed by atoms with Crippen molar-refractivity contribution >= 4 is 15.7 Å². The van der Waals surface area contributed by atoms with Crippen LogP contribution < -0.4 is 10.0 Å². The van der Waals surface area contributed by atoms with Gasteiger partial charge in [0.1, 0.15) is 0 Å². The van der Waals surface area contributed by atoms with Crippen molar-refractivity contribution in [2.75, 3.05) is 10.8 Å². The lowest BCUT2D eigenvalue weighted by Gasteiger charge is -2.23. The quantitative estimate of drug-likeness (QED) is 0.919. The second-order valence-corrected chi connectivity index (χ2v) is 6.22. The van der Waals surface area contributed by atoms with Gasteiger partial charge in [-0.15, -0.1) is 0 Å². The van der Waals surface area contributed by atoms with E-state index in [0.717, 1.165) is 5.56 Å². The van der Waals surface area contributed by atoms with Crippen molar-refractivity contribution in [3.63, 3.8) is 0 Å². The Morgan fingerprint density at radius 3 is 2.35 bits per heavy atom. The first kappa shape index (κ1) is 14.6. The maximum atomic E-state index is 12.7. The molecule has 0 saturated heterocycles. The normalized spacial score (nSPS) is 11.3. The van der Waals surface area contributed by atoms with Crippen molar-refractivity contribution in [1.29, 1.82) is 0 Å². The Morgan fingerprint density at radius 1 is 1.05 bits per heavy atom. The fourth-order valence-corrected chi connectivity index (χ4v) is 3.59. The molecule has 0 fully saturated rings. The Morgan fingerprint density at radius 2 is 1.75 bits per heavy atom. The van der Waals surface area contributed by atoms with Gasteiger partial charge in [0.15, 0.2) is 0 Å². The molecule has 2 aromatic rings. The van der Waals surface area contributed by atoms with Crippen LogP contribution in [0.3, 0.4) is 0 Å². The standard InChI is InChI=1S/C15H18N2O2S/c1-2-17(14-8-4-3-5-9-14)20(18,19)15-10-6-7-13(11-15)12-16/h3-11H,2,12,16H2,1H3. The molecular formula is C15H18N2O2S. The zero-order valence-corrected chi connectivity index (χ0v) is 12.2. The highest BCUT2D eigenvalue weighted by molar-refractivity contribution is 7.92. The third-order valence-electron chi connectivity index (χ3n) is 3.05. The molecule has 0 amide bonds. The van der Waals surface area contributed by atoms with E-state index in [1.165, 1.54) is 4.31 Å². The summed E-state index contributed by atoms with van der Waals surface area (Å²) in [5.41, 5.74) is 7.03. The minimum atomic E-state index is -3.56. The molecule has 5 heteroatoms. The van der Waals surface area contributed by atoms with Gasteiger partial charge >= 0.3 is 0 Å². The van der Waals surface area contributed by atoms with Crippen LogP contribution in [-0.2, 0) is 16.6 Å². The van der Waals surface area contributed by atoms with Crippen molar-refractivity contribution in [2.24, 2.45) is 5.73 Å². The number of sulfonamides is 1. The molecule has 4 nitrogen and oxygen atoms in total. The highest BCUT2D eigenvalue weighted by atomic mass is 32.2. The minimum Gasteiger partial charge on any atom is -0.326 e. The number of nitrogens with zero attached hydrogens (tertiary/aromatic N) is 1. The summed E-state index contributed by atoms with van der Waals surface area (Å²) in [5, 5.41) is 0. The zero-order chi connectivity index (χ0) is 14.6. The minimum absolute atomic E-state index is 0.270. The lowest BCUT2D eigenvalue weighted by Crippen LogP contribution is -2.30. The van der Waals surface area contributed by atoms with Crippen LogP contribution in [0.2, 0.25) is 0 Å². The number of anilines is 1. The maximum Gasteiger partial charge on any atom is 0.264 e. The maximum absolute atomic E-state index is 12.7. The Hall–Kier alpha value is -1.85. The highest BCUT2D eigenvalue weighted by Gasteiger charge is 2.23. The van der Waals surface area contributed by atoms with Gasteiger partial charge in [-0.1, -0.05) is 30.3 Å². The Kier molecular flexibility index (Phi) is 4.42. The van der Waals surface area contributed by atoms with Gasteiger partial charge in [0, 0.05) is 13.1 Å². The van der Waals surface area contributed by atoms with Gasteiger partial charge in [-0.2, -0.15) is 0 Å². The summed E-state index contributed by atoms with van der Waals surface area (Å²) in [5.74, 6) is 0. The van der Waals surface area contributed by atoms with Gasteiger partial charge in [0.05, 0.1) is 10.6 Å². The monoisotopic (exact) mass is 290 g/mol. The molecule has 0 radical (unpaired) electrons. The summed E-state index contributed by atoms with van der Waals surface area (Å²) < 4.78 is 26.8. The van der Waals surface area contributed by atoms with E-state index >= 15 is 0 Å². The largest absolute Gasteiger partial charge is 0.326 e. The molecule has 0 saturated carbocycles. The summed E-state index contributed by atoms with van der Waals surface area (Å²) in [7, 11) is -3.56. The van der Waals surface area contributed by atoms with Crippen molar-refractivity contribution in [2.45, 2.75) is 18.4 Å². The van der Waals surface area contributed by atoms with Gasteiger partial charge in [0.25, 0.3) is 10.0 Å². The molecule has 0 aromatic heterocycles. The molecule has 0 heterocycles. The second kappa shape index (κ2) is 6.07. The Bertz CT molecular complexity index is 669. The molecule has 2 aromatic carbocycles. The van der Waals surface area contributed by atoms with Gasteiger partial charge in [0.2, 0.25) is 0 Å². The third kappa shape index (κ3) is 2.84. The van der Waals surface area contributed by atoms with Crippen LogP contribution in [0.5, 0.6) is 0 Å². The van der Waals surface area contributed by atoms with Crippen LogP contribution in [0.25, 0.3) is 0 Å². The van der Waals surface area contributed by atoms with Crippen molar-refractivity contribution in [1.82, 2.24) is 0 Å². The summed E-state index contributed by atoms with van der Waals surface area (Å²) in [6, 6.07) is 15.8. The first-order valence-corrected chi connectivity index (χ1v) is 7.90. The van der Waals surface area contributed by atoms with Crippen LogP contribution in [0, 0.1) is 0 Å².